The van der Waals surface area contributed by atoms with Crippen LogP contribution in [-0.2, 0) is 10.0 Å². The summed E-state index contributed by atoms with van der Waals surface area (Å²) in [6, 6.07) is 10.5. The molecule has 7 nitrogen and oxygen atoms in total. The molecule has 4 rings (SSSR count). The molecule has 0 aliphatic carbocycles. The second-order valence-electron chi connectivity index (χ2n) is 8.74. The van der Waals surface area contributed by atoms with E-state index in [4.69, 9.17) is 4.42 Å². The molecule has 2 heterocycles. The number of aromatic nitrogens is 2. The summed E-state index contributed by atoms with van der Waals surface area (Å²) in [5.74, 6) is 0.222. The molecule has 1 fully saturated rings. The minimum absolute atomic E-state index is 0.0000257. The van der Waals surface area contributed by atoms with Crippen molar-refractivity contribution in [1.29, 1.82) is 0 Å². The highest BCUT2D eigenvalue weighted by molar-refractivity contribution is 8.00. The van der Waals surface area contributed by atoms with E-state index in [1.165, 1.54) is 16.1 Å². The predicted molar refractivity (Wildman–Crippen MR) is 133 cm³/mol. The maximum atomic E-state index is 13.0. The highest BCUT2D eigenvalue weighted by Gasteiger charge is 2.27. The van der Waals surface area contributed by atoms with E-state index in [-0.39, 0.29) is 21.8 Å². The molecule has 1 atom stereocenters. The number of thioether (sulfide) groups is 1. The van der Waals surface area contributed by atoms with Gasteiger partial charge in [-0.2, -0.15) is 4.31 Å². The van der Waals surface area contributed by atoms with Gasteiger partial charge in [0.05, 0.1) is 10.1 Å². The number of rotatable bonds is 7. The van der Waals surface area contributed by atoms with Crippen molar-refractivity contribution in [1.82, 2.24) is 14.5 Å². The van der Waals surface area contributed by atoms with Crippen LogP contribution in [0.5, 0.6) is 0 Å². The average Bonchev–Trinajstić information content (AvgIpc) is 3.30. The third-order valence-corrected chi connectivity index (χ3v) is 9.02. The molecule has 1 aromatic heterocycles. The van der Waals surface area contributed by atoms with E-state index in [0.29, 0.717) is 24.2 Å². The van der Waals surface area contributed by atoms with Gasteiger partial charge in [0.15, 0.2) is 5.78 Å². The molecular weight excluding hydrogens is 470 g/mol. The van der Waals surface area contributed by atoms with Gasteiger partial charge in [0, 0.05) is 24.2 Å². The lowest BCUT2D eigenvalue weighted by Gasteiger charge is -2.25. The second-order valence-corrected chi connectivity index (χ2v) is 12.0. The van der Waals surface area contributed by atoms with E-state index < -0.39 is 15.3 Å². The number of aryl methyl sites for hydroxylation is 3. The van der Waals surface area contributed by atoms with Crippen LogP contribution in [0.15, 0.2) is 50.9 Å². The predicted octanol–water partition coefficient (Wildman–Crippen LogP) is 5.20. The van der Waals surface area contributed by atoms with Gasteiger partial charge in [-0.15, -0.1) is 10.2 Å². The summed E-state index contributed by atoms with van der Waals surface area (Å²) in [4.78, 5) is 13.2. The van der Waals surface area contributed by atoms with Crippen LogP contribution in [0.25, 0.3) is 11.5 Å². The molecule has 0 saturated carbocycles. The van der Waals surface area contributed by atoms with Gasteiger partial charge in [-0.25, -0.2) is 8.42 Å². The molecule has 3 aromatic rings. The number of Topliss-reactive ketones (excluding diaryl/α,β-unsaturated/α-hetero) is 1. The first-order valence-corrected chi connectivity index (χ1v) is 13.7. The Labute approximate surface area is 205 Å². The van der Waals surface area contributed by atoms with Crippen LogP contribution in [0.4, 0.5) is 0 Å². The summed E-state index contributed by atoms with van der Waals surface area (Å²) in [6.07, 6.45) is 2.81. The van der Waals surface area contributed by atoms with Gasteiger partial charge in [0.1, 0.15) is 0 Å². The van der Waals surface area contributed by atoms with Crippen molar-refractivity contribution < 1.29 is 17.6 Å². The SMILES string of the molecule is Cc1cc(C)c(C(=O)[C@@H](C)Sc2nnc(-c3cccc(S(=O)(=O)N4CCCCC4)c3)o2)cc1C. The third kappa shape index (κ3) is 5.11. The van der Waals surface area contributed by atoms with Crippen LogP contribution in [-0.4, -0.2) is 47.0 Å². The van der Waals surface area contributed by atoms with Gasteiger partial charge >= 0.3 is 0 Å². The Kier molecular flexibility index (Phi) is 7.25. The summed E-state index contributed by atoms with van der Waals surface area (Å²) in [7, 11) is -3.56. The Morgan fingerprint density at radius 1 is 1.00 bits per heavy atom. The average molecular weight is 500 g/mol. The number of hydrogen-bond acceptors (Lipinski definition) is 7. The fraction of sp³-hybridized carbons (Fsp3) is 0.400. The van der Waals surface area contributed by atoms with Crippen molar-refractivity contribution in [2.24, 2.45) is 0 Å². The molecule has 0 bridgehead atoms. The van der Waals surface area contributed by atoms with Crippen molar-refractivity contribution in [3.63, 3.8) is 0 Å². The van der Waals surface area contributed by atoms with E-state index in [1.807, 2.05) is 39.8 Å². The second kappa shape index (κ2) is 10.0. The molecule has 9 heteroatoms. The summed E-state index contributed by atoms with van der Waals surface area (Å²) in [5.41, 5.74) is 4.39. The minimum Gasteiger partial charge on any atom is -0.411 e. The summed E-state index contributed by atoms with van der Waals surface area (Å²) < 4.78 is 33.4. The molecular formula is C25H29N3O4S2. The molecule has 0 unspecified atom stereocenters. The van der Waals surface area contributed by atoms with E-state index in [2.05, 4.69) is 10.2 Å². The number of sulfonamides is 1. The number of carbonyl (C=O) groups is 1. The van der Waals surface area contributed by atoms with Crippen LogP contribution in [0.1, 0.15) is 53.2 Å². The Balaban J connectivity index is 1.51. The Bertz CT molecular complexity index is 1310. The van der Waals surface area contributed by atoms with Crippen LogP contribution < -0.4 is 0 Å². The summed E-state index contributed by atoms with van der Waals surface area (Å²) >= 11 is 1.20. The highest BCUT2D eigenvalue weighted by atomic mass is 32.2. The molecule has 2 aromatic carbocycles. The van der Waals surface area contributed by atoms with Gasteiger partial charge in [-0.3, -0.25) is 4.79 Å². The number of benzene rings is 2. The van der Waals surface area contributed by atoms with Gasteiger partial charge in [0.25, 0.3) is 5.22 Å². The van der Waals surface area contributed by atoms with Crippen molar-refractivity contribution in [3.05, 3.63) is 58.7 Å². The first-order chi connectivity index (χ1) is 16.2. The molecule has 1 saturated heterocycles. The maximum Gasteiger partial charge on any atom is 0.277 e. The zero-order valence-electron chi connectivity index (χ0n) is 19.9. The topological polar surface area (TPSA) is 93.4 Å². The molecule has 180 valence electrons. The van der Waals surface area contributed by atoms with Gasteiger partial charge in [0.2, 0.25) is 15.9 Å². The fourth-order valence-electron chi connectivity index (χ4n) is 4.07. The smallest absolute Gasteiger partial charge is 0.277 e. The molecule has 0 amide bonds. The summed E-state index contributed by atoms with van der Waals surface area (Å²) in [5, 5.41) is 8.02. The largest absolute Gasteiger partial charge is 0.411 e. The van der Waals surface area contributed by atoms with Crippen LogP contribution in [0, 0.1) is 20.8 Å². The van der Waals surface area contributed by atoms with Crippen molar-refractivity contribution in [2.75, 3.05) is 13.1 Å². The lowest BCUT2D eigenvalue weighted by molar-refractivity contribution is 0.0993. The zero-order valence-corrected chi connectivity index (χ0v) is 21.5. The number of carbonyl (C=O) groups excluding carboxylic acids is 1. The molecule has 0 spiro atoms. The van der Waals surface area contributed by atoms with E-state index in [9.17, 15) is 13.2 Å². The third-order valence-electron chi connectivity index (χ3n) is 6.19. The first kappa shape index (κ1) is 24.6. The Morgan fingerprint density at radius 3 is 2.44 bits per heavy atom. The van der Waals surface area contributed by atoms with Crippen LogP contribution >= 0.6 is 11.8 Å². The van der Waals surface area contributed by atoms with E-state index in [1.54, 1.807) is 24.3 Å². The first-order valence-electron chi connectivity index (χ1n) is 11.4. The van der Waals surface area contributed by atoms with Gasteiger partial charge < -0.3 is 4.42 Å². The standard InChI is InChI=1S/C25H29N3O4S2/c1-16-13-18(3)22(14-17(16)2)23(29)19(4)33-25-27-26-24(32-25)20-9-8-10-21(15-20)34(30,31)28-11-6-5-7-12-28/h8-10,13-15,19H,5-7,11-12H2,1-4H3/t19-/m1/s1. The Hall–Kier alpha value is -2.49. The number of piperidine rings is 1. The molecule has 1 aliphatic heterocycles. The number of hydrogen-bond donors (Lipinski definition) is 0. The van der Waals surface area contributed by atoms with Crippen LogP contribution in [0.2, 0.25) is 0 Å². The van der Waals surface area contributed by atoms with Crippen molar-refractivity contribution in [3.8, 4) is 11.5 Å². The normalized spacial score (nSPS) is 15.9. The molecule has 0 radical (unpaired) electrons. The number of ketones is 1. The van der Waals surface area contributed by atoms with Crippen molar-refractivity contribution >= 4 is 27.6 Å². The number of nitrogens with zero attached hydrogens (tertiary/aromatic N) is 3. The van der Waals surface area contributed by atoms with Crippen molar-refractivity contribution in [2.45, 2.75) is 62.3 Å². The lowest BCUT2D eigenvalue weighted by atomic mass is 9.97. The molecule has 0 N–H and O–H groups in total. The van der Waals surface area contributed by atoms with Crippen LogP contribution in [0.3, 0.4) is 0 Å². The Morgan fingerprint density at radius 2 is 1.71 bits per heavy atom. The zero-order chi connectivity index (χ0) is 24.5. The molecule has 34 heavy (non-hydrogen) atoms. The van der Waals surface area contributed by atoms with E-state index in [0.717, 1.165) is 36.0 Å². The monoisotopic (exact) mass is 499 g/mol. The maximum absolute atomic E-state index is 13.0. The van der Waals surface area contributed by atoms with Gasteiger partial charge in [-0.05, 0) is 81.5 Å². The highest BCUT2D eigenvalue weighted by Crippen LogP contribution is 2.30. The lowest BCUT2D eigenvalue weighted by Crippen LogP contribution is -2.35. The summed E-state index contributed by atoms with van der Waals surface area (Å²) in [6.45, 7) is 8.86. The minimum atomic E-state index is -3.56. The quantitative estimate of drug-likeness (QED) is 0.326. The fourth-order valence-corrected chi connectivity index (χ4v) is 6.38. The van der Waals surface area contributed by atoms with E-state index >= 15 is 0 Å². The molecule has 1 aliphatic rings. The van der Waals surface area contributed by atoms with Gasteiger partial charge in [-0.1, -0.05) is 30.3 Å².